The van der Waals surface area contributed by atoms with E-state index in [9.17, 15) is 9.59 Å². The van der Waals surface area contributed by atoms with Gasteiger partial charge in [-0.05, 0) is 36.8 Å². The lowest BCUT2D eigenvalue weighted by molar-refractivity contribution is -0.137. The predicted octanol–water partition coefficient (Wildman–Crippen LogP) is 3.21. The molecule has 2 aromatic rings. The van der Waals surface area contributed by atoms with Crippen LogP contribution in [-0.2, 0) is 14.4 Å². The highest BCUT2D eigenvalue weighted by atomic mass is 79.9. The van der Waals surface area contributed by atoms with Crippen molar-refractivity contribution in [3.63, 3.8) is 0 Å². The van der Waals surface area contributed by atoms with Crippen molar-refractivity contribution >= 4 is 39.6 Å². The molecule has 2 amide bonds. The molecule has 0 aliphatic rings. The van der Waals surface area contributed by atoms with Gasteiger partial charge in [-0.25, -0.2) is 0 Å². The third-order valence-electron chi connectivity index (χ3n) is 3.48. The number of halogens is 1. The smallest absolute Gasteiger partial charge is 0.263 e. The van der Waals surface area contributed by atoms with E-state index in [0.717, 1.165) is 15.6 Å². The maximum atomic E-state index is 12.0. The molecule has 2 rings (SSSR count). The number of rotatable bonds is 7. The molecule has 0 heterocycles. The fourth-order valence-electron chi connectivity index (χ4n) is 1.99. The number of benzene rings is 2. The molecule has 0 spiro atoms. The second-order valence-electron chi connectivity index (χ2n) is 5.72. The SMILES string of the molecule is Cc1ccc(NC(=O)CN(C)C(=O)CO/N=C\c2ccc(Br)cc2)cc1. The van der Waals surface area contributed by atoms with Gasteiger partial charge in [0.25, 0.3) is 5.91 Å². The summed E-state index contributed by atoms with van der Waals surface area (Å²) >= 11 is 3.35. The molecule has 26 heavy (non-hydrogen) atoms. The van der Waals surface area contributed by atoms with E-state index in [1.165, 1.54) is 11.1 Å². The molecule has 7 heteroatoms. The molecular formula is C19H20BrN3O3. The van der Waals surface area contributed by atoms with E-state index in [4.69, 9.17) is 4.84 Å². The molecule has 0 aromatic heterocycles. The van der Waals surface area contributed by atoms with Crippen LogP contribution in [0.1, 0.15) is 11.1 Å². The van der Waals surface area contributed by atoms with E-state index in [0.29, 0.717) is 5.69 Å². The predicted molar refractivity (Wildman–Crippen MR) is 105 cm³/mol. The summed E-state index contributed by atoms with van der Waals surface area (Å²) in [5.74, 6) is -0.611. The van der Waals surface area contributed by atoms with Gasteiger partial charge in [0.05, 0.1) is 12.8 Å². The molecule has 0 aliphatic carbocycles. The van der Waals surface area contributed by atoms with Crippen LogP contribution < -0.4 is 5.32 Å². The summed E-state index contributed by atoms with van der Waals surface area (Å²) in [6.07, 6.45) is 1.52. The Morgan fingerprint density at radius 3 is 2.46 bits per heavy atom. The van der Waals surface area contributed by atoms with Gasteiger partial charge in [0, 0.05) is 17.2 Å². The highest BCUT2D eigenvalue weighted by Gasteiger charge is 2.13. The molecule has 0 saturated heterocycles. The van der Waals surface area contributed by atoms with Gasteiger partial charge >= 0.3 is 0 Å². The molecule has 6 nitrogen and oxygen atoms in total. The third kappa shape index (κ3) is 6.68. The molecule has 0 aliphatic heterocycles. The van der Waals surface area contributed by atoms with Crippen LogP contribution in [0.4, 0.5) is 5.69 Å². The maximum absolute atomic E-state index is 12.0. The third-order valence-corrected chi connectivity index (χ3v) is 4.00. The summed E-state index contributed by atoms with van der Waals surface area (Å²) in [5.41, 5.74) is 2.65. The number of anilines is 1. The zero-order chi connectivity index (χ0) is 18.9. The summed E-state index contributed by atoms with van der Waals surface area (Å²) in [7, 11) is 1.54. The lowest BCUT2D eigenvalue weighted by Crippen LogP contribution is -2.36. The van der Waals surface area contributed by atoms with Gasteiger partial charge in [-0.1, -0.05) is 50.9 Å². The van der Waals surface area contributed by atoms with Gasteiger partial charge in [-0.3, -0.25) is 9.59 Å². The normalized spacial score (nSPS) is 10.6. The number of amides is 2. The lowest BCUT2D eigenvalue weighted by Gasteiger charge is -2.16. The Labute approximate surface area is 161 Å². The Morgan fingerprint density at radius 1 is 1.15 bits per heavy atom. The molecule has 0 radical (unpaired) electrons. The Morgan fingerprint density at radius 2 is 1.81 bits per heavy atom. The fourth-order valence-corrected chi connectivity index (χ4v) is 2.25. The first kappa shape index (κ1) is 19.7. The van der Waals surface area contributed by atoms with Crippen LogP contribution in [0.3, 0.4) is 0 Å². The second-order valence-corrected chi connectivity index (χ2v) is 6.64. The van der Waals surface area contributed by atoms with Crippen LogP contribution in [0.2, 0.25) is 0 Å². The lowest BCUT2D eigenvalue weighted by atomic mass is 10.2. The average molecular weight is 418 g/mol. The Balaban J connectivity index is 1.73. The Hall–Kier alpha value is -2.67. The molecule has 0 unspecified atom stereocenters. The number of nitrogens with one attached hydrogen (secondary N) is 1. The molecule has 0 atom stereocenters. The van der Waals surface area contributed by atoms with Crippen LogP contribution in [-0.4, -0.2) is 43.1 Å². The van der Waals surface area contributed by atoms with Gasteiger partial charge in [0.1, 0.15) is 0 Å². The molecule has 0 saturated carbocycles. The molecular weight excluding hydrogens is 398 g/mol. The van der Waals surface area contributed by atoms with Gasteiger partial charge in [0.2, 0.25) is 5.91 Å². The monoisotopic (exact) mass is 417 g/mol. The average Bonchev–Trinajstić information content (AvgIpc) is 2.62. The highest BCUT2D eigenvalue weighted by Crippen LogP contribution is 2.09. The van der Waals surface area contributed by atoms with Crippen molar-refractivity contribution in [2.45, 2.75) is 6.92 Å². The van der Waals surface area contributed by atoms with Crippen molar-refractivity contribution in [3.8, 4) is 0 Å². The fraction of sp³-hybridized carbons (Fsp3) is 0.211. The van der Waals surface area contributed by atoms with E-state index in [1.807, 2.05) is 55.5 Å². The minimum Gasteiger partial charge on any atom is -0.386 e. The topological polar surface area (TPSA) is 71.0 Å². The first-order valence-corrected chi connectivity index (χ1v) is 8.75. The van der Waals surface area contributed by atoms with E-state index in [2.05, 4.69) is 26.4 Å². The number of oxime groups is 1. The van der Waals surface area contributed by atoms with Crippen molar-refractivity contribution in [1.29, 1.82) is 0 Å². The van der Waals surface area contributed by atoms with Crippen molar-refractivity contribution in [3.05, 3.63) is 64.1 Å². The number of carbonyl (C=O) groups is 2. The van der Waals surface area contributed by atoms with Crippen molar-refractivity contribution in [2.75, 3.05) is 25.5 Å². The Bertz CT molecular complexity index is 774. The zero-order valence-electron chi connectivity index (χ0n) is 14.6. The van der Waals surface area contributed by atoms with Crippen LogP contribution in [0.15, 0.2) is 58.2 Å². The summed E-state index contributed by atoms with van der Waals surface area (Å²) in [6.45, 7) is 1.67. The zero-order valence-corrected chi connectivity index (χ0v) is 16.2. The molecule has 1 N–H and O–H groups in total. The van der Waals surface area contributed by atoms with Gasteiger partial charge in [-0.2, -0.15) is 0 Å². The summed E-state index contributed by atoms with van der Waals surface area (Å²) in [6, 6.07) is 14.9. The van der Waals surface area contributed by atoms with Crippen LogP contribution in [0.5, 0.6) is 0 Å². The van der Waals surface area contributed by atoms with Crippen LogP contribution in [0.25, 0.3) is 0 Å². The second kappa shape index (κ2) is 9.72. The van der Waals surface area contributed by atoms with E-state index >= 15 is 0 Å². The number of hydrogen-bond acceptors (Lipinski definition) is 4. The van der Waals surface area contributed by atoms with E-state index < -0.39 is 0 Å². The van der Waals surface area contributed by atoms with E-state index in [1.54, 1.807) is 7.05 Å². The van der Waals surface area contributed by atoms with Crippen molar-refractivity contribution in [1.82, 2.24) is 4.90 Å². The number of aryl methyl sites for hydroxylation is 1. The molecule has 136 valence electrons. The van der Waals surface area contributed by atoms with Crippen LogP contribution in [0, 0.1) is 6.92 Å². The summed E-state index contributed by atoms with van der Waals surface area (Å²) < 4.78 is 0.969. The van der Waals surface area contributed by atoms with Crippen LogP contribution >= 0.6 is 15.9 Å². The van der Waals surface area contributed by atoms with Crippen molar-refractivity contribution in [2.24, 2.45) is 5.16 Å². The maximum Gasteiger partial charge on any atom is 0.263 e. The summed E-state index contributed by atoms with van der Waals surface area (Å²) in [5, 5.41) is 6.50. The standard InChI is InChI=1S/C19H20BrN3O3/c1-14-3-9-17(10-4-14)22-18(24)12-23(2)19(25)13-26-21-11-15-5-7-16(20)8-6-15/h3-11H,12-13H2,1-2H3,(H,22,24)/b21-11-. The molecule has 2 aromatic carbocycles. The van der Waals surface area contributed by atoms with Gasteiger partial charge < -0.3 is 15.1 Å². The number of carbonyl (C=O) groups excluding carboxylic acids is 2. The van der Waals surface area contributed by atoms with Crippen molar-refractivity contribution < 1.29 is 14.4 Å². The highest BCUT2D eigenvalue weighted by molar-refractivity contribution is 9.10. The first-order chi connectivity index (χ1) is 12.4. The van der Waals surface area contributed by atoms with Gasteiger partial charge in [-0.15, -0.1) is 0 Å². The molecule has 0 bridgehead atoms. The number of nitrogens with zero attached hydrogens (tertiary/aromatic N) is 2. The molecule has 0 fully saturated rings. The quantitative estimate of drug-likeness (QED) is 0.555. The minimum atomic E-state index is -0.336. The minimum absolute atomic E-state index is 0.0630. The van der Waals surface area contributed by atoms with E-state index in [-0.39, 0.29) is 25.0 Å². The largest absolute Gasteiger partial charge is 0.386 e. The van der Waals surface area contributed by atoms with Gasteiger partial charge in [0.15, 0.2) is 6.61 Å². The Kier molecular flexibility index (Phi) is 7.35. The number of likely N-dealkylation sites (N-methyl/N-ethyl adjacent to an activating group) is 1. The summed E-state index contributed by atoms with van der Waals surface area (Å²) in [4.78, 5) is 30.2. The number of hydrogen-bond donors (Lipinski definition) is 1. The first-order valence-electron chi connectivity index (χ1n) is 7.95.